The van der Waals surface area contributed by atoms with Crippen LogP contribution >= 0.6 is 0 Å². The minimum atomic E-state index is -0.763. The molecule has 3 N–H and O–H groups in total. The highest BCUT2D eigenvalue weighted by molar-refractivity contribution is 5.82. The molecule has 7 nitrogen and oxygen atoms in total. The summed E-state index contributed by atoms with van der Waals surface area (Å²) in [4.78, 5) is 34.4. The van der Waals surface area contributed by atoms with Crippen molar-refractivity contribution in [3.63, 3.8) is 0 Å². The summed E-state index contributed by atoms with van der Waals surface area (Å²) in [6.45, 7) is 0.614. The minimum absolute atomic E-state index is 0.0162. The summed E-state index contributed by atoms with van der Waals surface area (Å²) < 4.78 is 5.42. The van der Waals surface area contributed by atoms with Gasteiger partial charge in [-0.05, 0) is 35.1 Å². The second-order valence-electron chi connectivity index (χ2n) is 7.94. The second kappa shape index (κ2) is 11.9. The number of unbranched alkanes of at least 4 members (excludes halogenated alkanes) is 4. The van der Waals surface area contributed by atoms with Crippen LogP contribution in [-0.2, 0) is 14.3 Å². The number of hydrogen-bond acceptors (Lipinski definition) is 4. The molecule has 0 aliphatic heterocycles. The minimum Gasteiger partial charge on any atom is -0.481 e. The molecule has 1 aliphatic carbocycles. The fourth-order valence-corrected chi connectivity index (χ4v) is 4.02. The molecule has 7 heteroatoms. The van der Waals surface area contributed by atoms with Crippen LogP contribution in [0, 0.1) is 0 Å². The van der Waals surface area contributed by atoms with E-state index in [2.05, 4.69) is 34.9 Å². The van der Waals surface area contributed by atoms with Crippen molar-refractivity contribution in [2.75, 3.05) is 19.7 Å². The Morgan fingerprint density at radius 2 is 1.41 bits per heavy atom. The second-order valence-corrected chi connectivity index (χ2v) is 7.94. The number of alkyl carbamates (subject to hydrolysis) is 1. The number of carbonyl (C=O) groups is 3. The Labute approximate surface area is 188 Å². The Hall–Kier alpha value is -3.35. The predicted octanol–water partition coefficient (Wildman–Crippen LogP) is 4.07. The lowest BCUT2D eigenvalue weighted by atomic mass is 9.98. The highest BCUT2D eigenvalue weighted by Crippen LogP contribution is 2.44. The van der Waals surface area contributed by atoms with E-state index in [1.165, 1.54) is 11.1 Å². The van der Waals surface area contributed by atoms with Gasteiger partial charge < -0.3 is 20.5 Å². The zero-order chi connectivity index (χ0) is 22.8. The lowest BCUT2D eigenvalue weighted by Gasteiger charge is -2.14. The molecule has 2 aromatic carbocycles. The molecule has 2 aromatic rings. The number of carbonyl (C=O) groups excluding carboxylic acids is 2. The molecule has 0 radical (unpaired) electrons. The van der Waals surface area contributed by atoms with Crippen molar-refractivity contribution in [2.24, 2.45) is 0 Å². The number of hydrogen-bond donors (Lipinski definition) is 3. The van der Waals surface area contributed by atoms with E-state index in [1.54, 1.807) is 0 Å². The van der Waals surface area contributed by atoms with E-state index < -0.39 is 12.1 Å². The summed E-state index contributed by atoms with van der Waals surface area (Å²) in [5.41, 5.74) is 4.61. The van der Waals surface area contributed by atoms with E-state index in [-0.39, 0.29) is 31.4 Å². The molecule has 1 aliphatic rings. The molecule has 2 amide bonds. The molecule has 0 unspecified atom stereocenters. The van der Waals surface area contributed by atoms with E-state index in [1.807, 2.05) is 24.3 Å². The van der Waals surface area contributed by atoms with Gasteiger partial charge in [0.05, 0.1) is 6.54 Å². The molecule has 0 spiro atoms. The maximum Gasteiger partial charge on any atom is 0.407 e. The summed E-state index contributed by atoms with van der Waals surface area (Å²) in [7, 11) is 0. The van der Waals surface area contributed by atoms with E-state index >= 15 is 0 Å². The van der Waals surface area contributed by atoms with Crippen LogP contribution in [0.25, 0.3) is 11.1 Å². The monoisotopic (exact) mass is 438 g/mol. The van der Waals surface area contributed by atoms with Gasteiger partial charge >= 0.3 is 12.1 Å². The van der Waals surface area contributed by atoms with Crippen LogP contribution in [-0.4, -0.2) is 42.8 Å². The predicted molar refractivity (Wildman–Crippen MR) is 121 cm³/mol. The summed E-state index contributed by atoms with van der Waals surface area (Å²) in [6, 6.07) is 16.2. The third-order valence-electron chi connectivity index (χ3n) is 5.63. The fourth-order valence-electron chi connectivity index (χ4n) is 4.02. The van der Waals surface area contributed by atoms with Crippen molar-refractivity contribution >= 4 is 18.0 Å². The van der Waals surface area contributed by atoms with Crippen molar-refractivity contribution in [3.8, 4) is 11.1 Å². The van der Waals surface area contributed by atoms with Crippen LogP contribution in [0.15, 0.2) is 48.5 Å². The number of amides is 2. The van der Waals surface area contributed by atoms with Gasteiger partial charge in [-0.1, -0.05) is 67.8 Å². The maximum atomic E-state index is 12.1. The van der Waals surface area contributed by atoms with Gasteiger partial charge in [-0.3, -0.25) is 9.59 Å². The average Bonchev–Trinajstić information content (AvgIpc) is 3.11. The van der Waals surface area contributed by atoms with E-state index in [0.717, 1.165) is 36.8 Å². The molecular weight excluding hydrogens is 408 g/mol. The van der Waals surface area contributed by atoms with Gasteiger partial charge in [-0.2, -0.15) is 0 Å². The van der Waals surface area contributed by atoms with Gasteiger partial charge in [-0.15, -0.1) is 0 Å². The lowest BCUT2D eigenvalue weighted by Crippen LogP contribution is -2.37. The Balaban J connectivity index is 1.32. The summed E-state index contributed by atoms with van der Waals surface area (Å²) in [5, 5.41) is 13.9. The number of carboxylic acids is 1. The molecular formula is C25H30N2O5. The third-order valence-corrected chi connectivity index (χ3v) is 5.63. The standard InChI is InChI=1S/C25H30N2O5/c28-23(26-15-9-3-1-2-4-14-24(29)30)16-27-25(31)32-17-22-20-12-7-5-10-18(20)19-11-6-8-13-21(19)22/h5-8,10-13,22H,1-4,9,14-17H2,(H,26,28)(H,27,31)(H,29,30). The lowest BCUT2D eigenvalue weighted by molar-refractivity contribution is -0.137. The van der Waals surface area contributed by atoms with Gasteiger partial charge in [0.1, 0.15) is 6.61 Å². The van der Waals surface area contributed by atoms with Gasteiger partial charge in [0.15, 0.2) is 0 Å². The van der Waals surface area contributed by atoms with Crippen molar-refractivity contribution < 1.29 is 24.2 Å². The molecule has 3 rings (SSSR count). The molecule has 0 heterocycles. The van der Waals surface area contributed by atoms with Crippen LogP contribution in [0.1, 0.15) is 55.6 Å². The van der Waals surface area contributed by atoms with Gasteiger partial charge in [0, 0.05) is 18.9 Å². The normalized spacial score (nSPS) is 12.0. The van der Waals surface area contributed by atoms with Crippen LogP contribution < -0.4 is 10.6 Å². The number of nitrogens with one attached hydrogen (secondary N) is 2. The third kappa shape index (κ3) is 6.57. The number of ether oxygens (including phenoxy) is 1. The summed E-state index contributed by atoms with van der Waals surface area (Å²) in [5.74, 6) is -1.04. The number of rotatable bonds is 12. The number of benzene rings is 2. The number of carboxylic acid groups (broad SMARTS) is 1. The molecule has 0 aromatic heterocycles. The summed E-state index contributed by atoms with van der Waals surface area (Å²) in [6.07, 6.45) is 3.86. The Morgan fingerprint density at radius 1 is 0.812 bits per heavy atom. The van der Waals surface area contributed by atoms with E-state index in [4.69, 9.17) is 9.84 Å². The molecule has 32 heavy (non-hydrogen) atoms. The van der Waals surface area contributed by atoms with Gasteiger partial charge in [0.25, 0.3) is 0 Å². The molecule has 0 atom stereocenters. The molecule has 0 saturated heterocycles. The maximum absolute atomic E-state index is 12.1. The topological polar surface area (TPSA) is 105 Å². The number of aliphatic carboxylic acids is 1. The zero-order valence-electron chi connectivity index (χ0n) is 18.1. The Kier molecular flexibility index (Phi) is 8.66. The highest BCUT2D eigenvalue weighted by Gasteiger charge is 2.28. The van der Waals surface area contributed by atoms with Crippen LogP contribution in [0.3, 0.4) is 0 Å². The molecule has 0 fully saturated rings. The first-order chi connectivity index (χ1) is 15.6. The van der Waals surface area contributed by atoms with Crippen molar-refractivity contribution in [2.45, 2.75) is 44.4 Å². The average molecular weight is 439 g/mol. The van der Waals surface area contributed by atoms with Gasteiger partial charge in [-0.25, -0.2) is 4.79 Å². The quantitative estimate of drug-likeness (QED) is 0.433. The first kappa shape index (κ1) is 23.3. The van der Waals surface area contributed by atoms with Crippen LogP contribution in [0.5, 0.6) is 0 Å². The largest absolute Gasteiger partial charge is 0.481 e. The fraction of sp³-hybridized carbons (Fsp3) is 0.400. The van der Waals surface area contributed by atoms with Gasteiger partial charge in [0.2, 0.25) is 5.91 Å². The molecule has 170 valence electrons. The first-order valence-corrected chi connectivity index (χ1v) is 11.1. The van der Waals surface area contributed by atoms with Crippen LogP contribution in [0.4, 0.5) is 4.79 Å². The van der Waals surface area contributed by atoms with Crippen LogP contribution in [0.2, 0.25) is 0 Å². The van der Waals surface area contributed by atoms with E-state index in [0.29, 0.717) is 13.0 Å². The smallest absolute Gasteiger partial charge is 0.407 e. The van der Waals surface area contributed by atoms with Crippen molar-refractivity contribution in [3.05, 3.63) is 59.7 Å². The van der Waals surface area contributed by atoms with E-state index in [9.17, 15) is 14.4 Å². The Morgan fingerprint density at radius 3 is 2.06 bits per heavy atom. The Bertz CT molecular complexity index is 898. The molecule has 0 saturated carbocycles. The first-order valence-electron chi connectivity index (χ1n) is 11.1. The molecule has 0 bridgehead atoms. The van der Waals surface area contributed by atoms with Crippen molar-refractivity contribution in [1.29, 1.82) is 0 Å². The van der Waals surface area contributed by atoms with Crippen molar-refractivity contribution in [1.82, 2.24) is 10.6 Å². The number of fused-ring (bicyclic) bond motifs is 3. The zero-order valence-corrected chi connectivity index (χ0v) is 18.1. The highest BCUT2D eigenvalue weighted by atomic mass is 16.5. The SMILES string of the molecule is O=C(O)CCCCCCCNC(=O)CNC(=O)OCC1c2ccccc2-c2ccccc21. The summed E-state index contributed by atoms with van der Waals surface area (Å²) >= 11 is 0.